The number of halogens is 1. The van der Waals surface area contributed by atoms with E-state index < -0.39 is 11.7 Å². The first-order chi connectivity index (χ1) is 16.5. The second kappa shape index (κ2) is 9.28. The molecule has 170 valence electrons. The van der Waals surface area contributed by atoms with Gasteiger partial charge in [0.2, 0.25) is 0 Å². The SMILES string of the molecule is Cc1ccccc1-n1c(SCc2ccc(C(=O)Nc3ccccc3F)o2)nc2sccc2c1=O. The standard InChI is InChI=1S/C25H18FN3O3S2/c1-15-6-2-5-9-20(15)29-24(31)17-12-13-33-23(17)28-25(29)34-14-16-10-11-21(32-16)22(30)27-19-8-4-3-7-18(19)26/h2-13H,14H2,1H3,(H,27,30). The van der Waals surface area contributed by atoms with Gasteiger partial charge in [-0.15, -0.1) is 11.3 Å². The first-order valence-electron chi connectivity index (χ1n) is 10.3. The Kier molecular flexibility index (Phi) is 6.04. The van der Waals surface area contributed by atoms with Crippen LogP contribution in [0.4, 0.5) is 10.1 Å². The van der Waals surface area contributed by atoms with Gasteiger partial charge in [0.15, 0.2) is 10.9 Å². The van der Waals surface area contributed by atoms with Crippen LogP contribution in [-0.2, 0) is 5.75 Å². The highest BCUT2D eigenvalue weighted by molar-refractivity contribution is 7.98. The van der Waals surface area contributed by atoms with E-state index in [0.717, 1.165) is 11.3 Å². The number of carbonyl (C=O) groups is 1. The number of benzene rings is 2. The van der Waals surface area contributed by atoms with Crippen molar-refractivity contribution in [2.24, 2.45) is 0 Å². The molecule has 9 heteroatoms. The zero-order valence-corrected chi connectivity index (χ0v) is 19.6. The van der Waals surface area contributed by atoms with Gasteiger partial charge in [0.05, 0.1) is 22.5 Å². The number of carbonyl (C=O) groups excluding carboxylic acids is 1. The summed E-state index contributed by atoms with van der Waals surface area (Å²) in [5.41, 5.74) is 1.66. The van der Waals surface area contributed by atoms with Crippen LogP contribution >= 0.6 is 23.1 Å². The maximum absolute atomic E-state index is 13.8. The van der Waals surface area contributed by atoms with Gasteiger partial charge in [-0.1, -0.05) is 42.1 Å². The molecule has 5 rings (SSSR count). The largest absolute Gasteiger partial charge is 0.455 e. The van der Waals surface area contributed by atoms with Crippen LogP contribution in [0.2, 0.25) is 0 Å². The second-order valence-electron chi connectivity index (χ2n) is 7.45. The Morgan fingerprint density at radius 2 is 1.91 bits per heavy atom. The highest BCUT2D eigenvalue weighted by Crippen LogP contribution is 2.28. The van der Waals surface area contributed by atoms with Crippen molar-refractivity contribution in [3.8, 4) is 5.69 Å². The molecule has 0 spiro atoms. The summed E-state index contributed by atoms with van der Waals surface area (Å²) >= 11 is 2.75. The van der Waals surface area contributed by atoms with Crippen molar-refractivity contribution in [3.05, 3.63) is 105 Å². The molecule has 0 radical (unpaired) electrons. The zero-order chi connectivity index (χ0) is 23.7. The number of para-hydroxylation sites is 2. The fourth-order valence-corrected chi connectivity index (χ4v) is 5.18. The number of hydrogen-bond donors (Lipinski definition) is 1. The molecule has 0 aliphatic carbocycles. The summed E-state index contributed by atoms with van der Waals surface area (Å²) in [5.74, 6) is -0.126. The zero-order valence-electron chi connectivity index (χ0n) is 17.9. The van der Waals surface area contributed by atoms with E-state index in [2.05, 4.69) is 5.32 Å². The average Bonchev–Trinajstić information content (AvgIpc) is 3.50. The Bertz CT molecular complexity index is 1570. The predicted molar refractivity (Wildman–Crippen MR) is 133 cm³/mol. The lowest BCUT2D eigenvalue weighted by atomic mass is 10.2. The third kappa shape index (κ3) is 4.27. The summed E-state index contributed by atoms with van der Waals surface area (Å²) in [4.78, 5) is 31.1. The molecule has 0 fully saturated rings. The van der Waals surface area contributed by atoms with Gasteiger partial charge in [-0.05, 0) is 54.3 Å². The third-order valence-corrected chi connectivity index (χ3v) is 6.94. The number of aromatic nitrogens is 2. The van der Waals surface area contributed by atoms with Crippen molar-refractivity contribution >= 4 is 44.9 Å². The Hall–Kier alpha value is -3.69. The minimum atomic E-state index is -0.545. The van der Waals surface area contributed by atoms with E-state index >= 15 is 0 Å². The van der Waals surface area contributed by atoms with E-state index in [1.54, 1.807) is 28.8 Å². The smallest absolute Gasteiger partial charge is 0.291 e. The van der Waals surface area contributed by atoms with E-state index in [4.69, 9.17) is 9.40 Å². The van der Waals surface area contributed by atoms with Crippen LogP contribution in [0.25, 0.3) is 15.9 Å². The number of furan rings is 1. The van der Waals surface area contributed by atoms with Gasteiger partial charge in [0.25, 0.3) is 11.5 Å². The van der Waals surface area contributed by atoms with Crippen LogP contribution < -0.4 is 10.9 Å². The molecule has 1 N–H and O–H groups in total. The Labute approximate surface area is 202 Å². The van der Waals surface area contributed by atoms with Crippen molar-refractivity contribution in [3.63, 3.8) is 0 Å². The summed E-state index contributed by atoms with van der Waals surface area (Å²) in [6.45, 7) is 1.95. The number of rotatable bonds is 6. The van der Waals surface area contributed by atoms with Gasteiger partial charge in [0, 0.05) is 0 Å². The van der Waals surface area contributed by atoms with Gasteiger partial charge in [-0.2, -0.15) is 0 Å². The highest BCUT2D eigenvalue weighted by Gasteiger charge is 2.18. The van der Waals surface area contributed by atoms with E-state index in [1.807, 2.05) is 36.6 Å². The van der Waals surface area contributed by atoms with E-state index in [-0.39, 0.29) is 17.0 Å². The maximum Gasteiger partial charge on any atom is 0.291 e. The molecule has 5 aromatic rings. The summed E-state index contributed by atoms with van der Waals surface area (Å²) < 4.78 is 21.1. The molecule has 0 atom stereocenters. The summed E-state index contributed by atoms with van der Waals surface area (Å²) in [6, 6.07) is 18.6. The molecule has 6 nitrogen and oxygen atoms in total. The summed E-state index contributed by atoms with van der Waals surface area (Å²) in [7, 11) is 0. The van der Waals surface area contributed by atoms with Gasteiger partial charge < -0.3 is 9.73 Å². The Morgan fingerprint density at radius 3 is 2.74 bits per heavy atom. The van der Waals surface area contributed by atoms with Gasteiger partial charge >= 0.3 is 0 Å². The van der Waals surface area contributed by atoms with Crippen LogP contribution in [-0.4, -0.2) is 15.5 Å². The average molecular weight is 492 g/mol. The molecule has 1 amide bonds. The first kappa shape index (κ1) is 22.1. The quantitative estimate of drug-likeness (QED) is 0.232. The monoisotopic (exact) mass is 491 g/mol. The number of nitrogens with one attached hydrogen (secondary N) is 1. The Balaban J connectivity index is 1.41. The number of amides is 1. The molecule has 3 aromatic heterocycles. The molecule has 0 aliphatic heterocycles. The normalized spacial score (nSPS) is 11.1. The van der Waals surface area contributed by atoms with E-state index in [1.165, 1.54) is 41.3 Å². The number of aryl methyl sites for hydroxylation is 1. The molecule has 0 aliphatic rings. The number of thiophene rings is 1. The second-order valence-corrected chi connectivity index (χ2v) is 9.29. The maximum atomic E-state index is 13.8. The number of fused-ring (bicyclic) bond motifs is 1. The topological polar surface area (TPSA) is 77.1 Å². The molecule has 0 saturated carbocycles. The molecule has 3 heterocycles. The third-order valence-electron chi connectivity index (χ3n) is 5.17. The molecular weight excluding hydrogens is 473 g/mol. The number of hydrogen-bond acceptors (Lipinski definition) is 6. The number of anilines is 1. The lowest BCUT2D eigenvalue weighted by molar-refractivity contribution is 0.0995. The fourth-order valence-electron chi connectivity index (χ4n) is 3.48. The number of thioether (sulfide) groups is 1. The summed E-state index contributed by atoms with van der Waals surface area (Å²) in [5, 5.41) is 5.46. The van der Waals surface area contributed by atoms with Crippen LogP contribution in [0.5, 0.6) is 0 Å². The van der Waals surface area contributed by atoms with Crippen LogP contribution in [0.15, 0.2) is 86.5 Å². The Morgan fingerprint density at radius 1 is 1.12 bits per heavy atom. The van der Waals surface area contributed by atoms with Gasteiger partial charge in [-0.25, -0.2) is 9.37 Å². The summed E-state index contributed by atoms with van der Waals surface area (Å²) in [6.07, 6.45) is 0. The molecule has 2 aromatic carbocycles. The van der Waals surface area contributed by atoms with Gasteiger partial charge in [-0.3, -0.25) is 14.2 Å². The lowest BCUT2D eigenvalue weighted by Crippen LogP contribution is -2.21. The van der Waals surface area contributed by atoms with Crippen molar-refractivity contribution in [2.45, 2.75) is 17.8 Å². The molecule has 0 saturated heterocycles. The van der Waals surface area contributed by atoms with Crippen LogP contribution in [0.3, 0.4) is 0 Å². The molecule has 0 unspecified atom stereocenters. The van der Waals surface area contributed by atoms with Crippen molar-refractivity contribution in [2.75, 3.05) is 5.32 Å². The van der Waals surface area contributed by atoms with Crippen molar-refractivity contribution in [1.29, 1.82) is 0 Å². The van der Waals surface area contributed by atoms with E-state index in [9.17, 15) is 14.0 Å². The lowest BCUT2D eigenvalue weighted by Gasteiger charge is -2.13. The molecule has 34 heavy (non-hydrogen) atoms. The minimum absolute atomic E-state index is 0.0665. The van der Waals surface area contributed by atoms with Gasteiger partial charge in [0.1, 0.15) is 16.4 Å². The minimum Gasteiger partial charge on any atom is -0.455 e. The molecule has 0 bridgehead atoms. The highest BCUT2D eigenvalue weighted by atomic mass is 32.2. The molecular formula is C25H18FN3O3S2. The predicted octanol–water partition coefficient (Wildman–Crippen LogP) is 6.03. The van der Waals surface area contributed by atoms with Crippen LogP contribution in [0.1, 0.15) is 21.9 Å². The van der Waals surface area contributed by atoms with Crippen molar-refractivity contribution in [1.82, 2.24) is 9.55 Å². The van der Waals surface area contributed by atoms with Crippen LogP contribution in [0, 0.1) is 12.7 Å². The fraction of sp³-hybridized carbons (Fsp3) is 0.0800. The van der Waals surface area contributed by atoms with E-state index in [0.29, 0.717) is 26.9 Å². The van der Waals surface area contributed by atoms with Crippen molar-refractivity contribution < 1.29 is 13.6 Å². The number of nitrogens with zero attached hydrogens (tertiary/aromatic N) is 2. The first-order valence-corrected chi connectivity index (χ1v) is 12.2.